The maximum atomic E-state index is 5.64. The molecule has 2 fully saturated rings. The average Bonchev–Trinajstić information content (AvgIpc) is 3.35. The minimum absolute atomic E-state index is 0.509. The number of piperidine rings is 1. The van der Waals surface area contributed by atoms with Crippen LogP contribution < -0.4 is 5.32 Å². The van der Waals surface area contributed by atoms with Crippen LogP contribution in [-0.2, 0) is 4.74 Å². The summed E-state index contributed by atoms with van der Waals surface area (Å²) >= 11 is 1.88. The van der Waals surface area contributed by atoms with E-state index in [0.29, 0.717) is 17.9 Å². The molecule has 0 saturated carbocycles. The van der Waals surface area contributed by atoms with E-state index in [-0.39, 0.29) is 0 Å². The topological polar surface area (TPSA) is 40.1 Å². The summed E-state index contributed by atoms with van der Waals surface area (Å²) < 4.78 is 5.64. The van der Waals surface area contributed by atoms with Gasteiger partial charge in [-0.05, 0) is 64.1 Å². The lowest BCUT2D eigenvalue weighted by Gasteiger charge is -2.38. The van der Waals surface area contributed by atoms with E-state index in [1.54, 1.807) is 0 Å². The van der Waals surface area contributed by atoms with Crippen molar-refractivity contribution in [2.75, 3.05) is 53.0 Å². The van der Waals surface area contributed by atoms with Crippen LogP contribution in [-0.4, -0.2) is 68.7 Å². The molecule has 3 rings (SSSR count). The van der Waals surface area contributed by atoms with E-state index in [2.05, 4.69) is 53.5 Å². The Labute approximate surface area is 168 Å². The van der Waals surface area contributed by atoms with Crippen LogP contribution >= 0.6 is 11.3 Å². The summed E-state index contributed by atoms with van der Waals surface area (Å²) in [5, 5.41) is 5.73. The van der Waals surface area contributed by atoms with Gasteiger partial charge in [0.05, 0.1) is 6.61 Å². The lowest BCUT2D eigenvalue weighted by Crippen LogP contribution is -2.41. The van der Waals surface area contributed by atoms with Gasteiger partial charge in [0.25, 0.3) is 0 Å². The predicted molar refractivity (Wildman–Crippen MR) is 115 cm³/mol. The second kappa shape index (κ2) is 10.4. The molecule has 0 bridgehead atoms. The first kappa shape index (κ1) is 20.6. The van der Waals surface area contributed by atoms with Crippen molar-refractivity contribution in [1.29, 1.82) is 0 Å². The zero-order chi connectivity index (χ0) is 19.1. The Morgan fingerprint density at radius 3 is 2.96 bits per heavy atom. The quantitative estimate of drug-likeness (QED) is 0.570. The minimum atomic E-state index is 0.509. The van der Waals surface area contributed by atoms with Gasteiger partial charge in [0, 0.05) is 49.6 Å². The van der Waals surface area contributed by atoms with Crippen molar-refractivity contribution in [2.24, 2.45) is 16.8 Å². The fourth-order valence-corrected chi connectivity index (χ4v) is 5.42. The van der Waals surface area contributed by atoms with Crippen molar-refractivity contribution >= 4 is 17.3 Å². The molecule has 1 aromatic rings. The molecular formula is C21H36N4OS. The molecule has 3 atom stereocenters. The van der Waals surface area contributed by atoms with Gasteiger partial charge in [0.1, 0.15) is 0 Å². The molecule has 1 N–H and O–H groups in total. The number of hydrogen-bond acceptors (Lipinski definition) is 4. The highest BCUT2D eigenvalue weighted by Gasteiger charge is 2.31. The molecule has 0 amide bonds. The lowest BCUT2D eigenvalue weighted by atomic mass is 9.88. The summed E-state index contributed by atoms with van der Waals surface area (Å²) in [6.45, 7) is 11.1. The predicted octanol–water partition coefficient (Wildman–Crippen LogP) is 3.45. The van der Waals surface area contributed by atoms with Crippen LogP contribution in [0.25, 0.3) is 0 Å². The third-order valence-electron chi connectivity index (χ3n) is 5.80. The van der Waals surface area contributed by atoms with Gasteiger partial charge in [-0.25, -0.2) is 0 Å². The van der Waals surface area contributed by atoms with Crippen molar-refractivity contribution < 1.29 is 4.74 Å². The number of nitrogens with zero attached hydrogens (tertiary/aromatic N) is 3. The molecule has 2 aliphatic rings. The Morgan fingerprint density at radius 2 is 2.22 bits per heavy atom. The fraction of sp³-hybridized carbons (Fsp3) is 0.762. The fourth-order valence-electron chi connectivity index (χ4n) is 4.44. The Bertz CT molecular complexity index is 577. The van der Waals surface area contributed by atoms with Gasteiger partial charge in [0.2, 0.25) is 0 Å². The molecule has 5 nitrogen and oxygen atoms in total. The van der Waals surface area contributed by atoms with Crippen LogP contribution in [0.4, 0.5) is 0 Å². The van der Waals surface area contributed by atoms with E-state index < -0.39 is 0 Å². The van der Waals surface area contributed by atoms with E-state index >= 15 is 0 Å². The van der Waals surface area contributed by atoms with E-state index in [9.17, 15) is 0 Å². The second-order valence-electron chi connectivity index (χ2n) is 7.80. The van der Waals surface area contributed by atoms with Crippen LogP contribution in [0.1, 0.15) is 44.0 Å². The molecule has 3 heterocycles. The zero-order valence-electron chi connectivity index (χ0n) is 17.2. The van der Waals surface area contributed by atoms with Crippen molar-refractivity contribution in [3.8, 4) is 0 Å². The SMILES string of the molecule is CCNC(=NCC1CCCN(C)C1c1cccs1)N1CCC(COCC)C1. The maximum Gasteiger partial charge on any atom is 0.193 e. The second-order valence-corrected chi connectivity index (χ2v) is 8.78. The number of rotatable bonds is 7. The monoisotopic (exact) mass is 392 g/mol. The Morgan fingerprint density at radius 1 is 1.33 bits per heavy atom. The Hall–Kier alpha value is -1.11. The highest BCUT2D eigenvalue weighted by molar-refractivity contribution is 7.10. The van der Waals surface area contributed by atoms with Gasteiger partial charge < -0.3 is 15.0 Å². The summed E-state index contributed by atoms with van der Waals surface area (Å²) in [7, 11) is 2.27. The summed E-state index contributed by atoms with van der Waals surface area (Å²) in [6, 6.07) is 4.97. The van der Waals surface area contributed by atoms with Crippen LogP contribution in [0.3, 0.4) is 0 Å². The van der Waals surface area contributed by atoms with Gasteiger partial charge in [-0.2, -0.15) is 0 Å². The smallest absolute Gasteiger partial charge is 0.193 e. The molecule has 6 heteroatoms. The molecule has 0 spiro atoms. The van der Waals surface area contributed by atoms with Crippen molar-refractivity contribution in [3.63, 3.8) is 0 Å². The summed E-state index contributed by atoms with van der Waals surface area (Å²) in [4.78, 5) is 11.5. The minimum Gasteiger partial charge on any atom is -0.381 e. The number of likely N-dealkylation sites (tertiary alicyclic amines) is 2. The molecule has 152 valence electrons. The van der Waals surface area contributed by atoms with E-state index in [4.69, 9.17) is 9.73 Å². The molecular weight excluding hydrogens is 356 g/mol. The van der Waals surface area contributed by atoms with Gasteiger partial charge in [-0.3, -0.25) is 9.89 Å². The number of hydrogen-bond donors (Lipinski definition) is 1. The van der Waals surface area contributed by atoms with Gasteiger partial charge >= 0.3 is 0 Å². The van der Waals surface area contributed by atoms with E-state index in [1.165, 1.54) is 30.7 Å². The first-order valence-electron chi connectivity index (χ1n) is 10.6. The highest BCUT2D eigenvalue weighted by atomic mass is 32.1. The van der Waals surface area contributed by atoms with E-state index in [0.717, 1.165) is 45.4 Å². The largest absolute Gasteiger partial charge is 0.381 e. The normalized spacial score (nSPS) is 27.3. The Balaban J connectivity index is 1.65. The first-order chi connectivity index (χ1) is 13.2. The summed E-state index contributed by atoms with van der Waals surface area (Å²) in [6.07, 6.45) is 3.74. The summed E-state index contributed by atoms with van der Waals surface area (Å²) in [5.41, 5.74) is 0. The Kier molecular flexibility index (Phi) is 7.97. The maximum absolute atomic E-state index is 5.64. The molecule has 2 aliphatic heterocycles. The van der Waals surface area contributed by atoms with Crippen molar-refractivity contribution in [2.45, 2.75) is 39.2 Å². The number of guanidine groups is 1. The molecule has 1 aromatic heterocycles. The van der Waals surface area contributed by atoms with Crippen LogP contribution in [0.5, 0.6) is 0 Å². The van der Waals surface area contributed by atoms with Crippen molar-refractivity contribution in [1.82, 2.24) is 15.1 Å². The number of thiophene rings is 1. The number of aliphatic imine (C=N–C) groups is 1. The zero-order valence-corrected chi connectivity index (χ0v) is 18.0. The molecule has 0 radical (unpaired) electrons. The molecule has 0 aliphatic carbocycles. The van der Waals surface area contributed by atoms with Crippen molar-refractivity contribution in [3.05, 3.63) is 22.4 Å². The molecule has 0 aromatic carbocycles. The van der Waals surface area contributed by atoms with Crippen LogP contribution in [0.15, 0.2) is 22.5 Å². The van der Waals surface area contributed by atoms with Crippen LogP contribution in [0.2, 0.25) is 0 Å². The summed E-state index contributed by atoms with van der Waals surface area (Å²) in [5.74, 6) is 2.32. The molecule has 27 heavy (non-hydrogen) atoms. The van der Waals surface area contributed by atoms with Crippen LogP contribution in [0, 0.1) is 11.8 Å². The average molecular weight is 393 g/mol. The molecule has 2 saturated heterocycles. The first-order valence-corrected chi connectivity index (χ1v) is 11.5. The number of ether oxygens (including phenoxy) is 1. The lowest BCUT2D eigenvalue weighted by molar-refractivity contribution is 0.114. The van der Waals surface area contributed by atoms with Gasteiger partial charge in [-0.1, -0.05) is 6.07 Å². The number of nitrogens with one attached hydrogen (secondary N) is 1. The van der Waals surface area contributed by atoms with Gasteiger partial charge in [-0.15, -0.1) is 11.3 Å². The third kappa shape index (κ3) is 5.46. The standard InChI is InChI=1S/C21H36N4OS/c1-4-22-21(25-12-10-17(15-25)16-26-5-2)23-14-18-8-6-11-24(3)20(18)19-9-7-13-27-19/h7,9,13,17-18,20H,4-6,8,10-12,14-16H2,1-3H3,(H,22,23). The molecule has 3 unspecified atom stereocenters. The van der Waals surface area contributed by atoms with Gasteiger partial charge in [0.15, 0.2) is 5.96 Å². The third-order valence-corrected chi connectivity index (χ3v) is 6.74. The highest BCUT2D eigenvalue weighted by Crippen LogP contribution is 2.37. The van der Waals surface area contributed by atoms with E-state index in [1.807, 2.05) is 11.3 Å².